The maximum absolute atomic E-state index is 13.6. The fraction of sp³-hybridized carbons (Fsp3) is 0.500. The number of amides is 2. The average molecular weight is 397 g/mol. The number of hydrogen-bond acceptors (Lipinski definition) is 5. The third kappa shape index (κ3) is 2.81. The molecule has 0 saturated heterocycles. The topological polar surface area (TPSA) is 70.5 Å². The van der Waals surface area contributed by atoms with E-state index in [9.17, 15) is 14.7 Å². The maximum Gasteiger partial charge on any atom is 0.273 e. The summed E-state index contributed by atoms with van der Waals surface area (Å²) in [6.07, 6.45) is 4.26. The SMILES string of the molecule is Cc1ncsc1C(=O)N(C(=O)c1ccccc1)C1C2CC3CC1CC(O)(C3)C2. The molecule has 4 bridgehead atoms. The highest BCUT2D eigenvalue weighted by Crippen LogP contribution is 2.57. The van der Waals surface area contributed by atoms with E-state index in [1.165, 1.54) is 16.2 Å². The molecule has 146 valence electrons. The van der Waals surface area contributed by atoms with Gasteiger partial charge in [0.15, 0.2) is 0 Å². The smallest absolute Gasteiger partial charge is 0.273 e. The van der Waals surface area contributed by atoms with Crippen molar-refractivity contribution in [2.75, 3.05) is 0 Å². The number of nitrogens with zero attached hydrogens (tertiary/aromatic N) is 2. The number of rotatable bonds is 3. The van der Waals surface area contributed by atoms with Crippen LogP contribution in [0.15, 0.2) is 35.8 Å². The van der Waals surface area contributed by atoms with Gasteiger partial charge in [0.05, 0.1) is 16.8 Å². The minimum absolute atomic E-state index is 0.140. The van der Waals surface area contributed by atoms with Crippen LogP contribution < -0.4 is 0 Å². The molecule has 6 heteroatoms. The predicted molar refractivity (Wildman–Crippen MR) is 106 cm³/mol. The molecule has 4 saturated carbocycles. The Balaban J connectivity index is 1.56. The second kappa shape index (κ2) is 6.49. The Labute approximate surface area is 168 Å². The van der Waals surface area contributed by atoms with Gasteiger partial charge < -0.3 is 5.11 Å². The summed E-state index contributed by atoms with van der Waals surface area (Å²) in [5.74, 6) is 0.413. The lowest BCUT2D eigenvalue weighted by molar-refractivity contribution is -0.150. The van der Waals surface area contributed by atoms with Crippen LogP contribution in [0.1, 0.15) is 57.8 Å². The van der Waals surface area contributed by atoms with E-state index in [4.69, 9.17) is 0 Å². The summed E-state index contributed by atoms with van der Waals surface area (Å²) in [4.78, 5) is 33.4. The van der Waals surface area contributed by atoms with Gasteiger partial charge in [-0.25, -0.2) is 4.98 Å². The molecule has 0 aliphatic heterocycles. The highest BCUT2D eigenvalue weighted by molar-refractivity contribution is 7.11. The minimum atomic E-state index is -0.599. The molecule has 28 heavy (non-hydrogen) atoms. The molecule has 6 rings (SSSR count). The molecule has 2 unspecified atom stereocenters. The second-order valence-electron chi connectivity index (χ2n) is 8.80. The number of aliphatic hydroxyl groups is 1. The van der Waals surface area contributed by atoms with Crippen LogP contribution in [0, 0.1) is 24.7 Å². The zero-order valence-electron chi connectivity index (χ0n) is 15.9. The van der Waals surface area contributed by atoms with Crippen LogP contribution in [0.25, 0.3) is 0 Å². The molecule has 1 aromatic carbocycles. The van der Waals surface area contributed by atoms with Crippen LogP contribution in [0.4, 0.5) is 0 Å². The van der Waals surface area contributed by atoms with Crippen LogP contribution >= 0.6 is 11.3 Å². The van der Waals surface area contributed by atoms with E-state index >= 15 is 0 Å². The number of thiazole rings is 1. The van der Waals surface area contributed by atoms with E-state index in [-0.39, 0.29) is 29.7 Å². The first-order valence-electron chi connectivity index (χ1n) is 10.0. The molecule has 4 aliphatic rings. The van der Waals surface area contributed by atoms with E-state index in [2.05, 4.69) is 4.98 Å². The van der Waals surface area contributed by atoms with Gasteiger partial charge in [0.25, 0.3) is 11.8 Å². The van der Waals surface area contributed by atoms with E-state index in [0.29, 0.717) is 34.9 Å². The fourth-order valence-electron chi connectivity index (χ4n) is 6.08. The molecule has 4 aliphatic carbocycles. The van der Waals surface area contributed by atoms with Crippen molar-refractivity contribution < 1.29 is 14.7 Å². The van der Waals surface area contributed by atoms with Crippen molar-refractivity contribution in [3.05, 3.63) is 52.0 Å². The van der Waals surface area contributed by atoms with Gasteiger partial charge in [-0.3, -0.25) is 14.5 Å². The second-order valence-corrected chi connectivity index (χ2v) is 9.65. The van der Waals surface area contributed by atoms with Crippen molar-refractivity contribution in [2.24, 2.45) is 17.8 Å². The first kappa shape index (κ1) is 18.0. The van der Waals surface area contributed by atoms with Crippen molar-refractivity contribution >= 4 is 23.2 Å². The monoisotopic (exact) mass is 396 g/mol. The Kier molecular flexibility index (Phi) is 4.18. The first-order valence-corrected chi connectivity index (χ1v) is 10.9. The summed E-state index contributed by atoms with van der Waals surface area (Å²) in [5.41, 5.74) is 2.26. The normalized spacial score (nSPS) is 33.1. The zero-order valence-corrected chi connectivity index (χ0v) is 16.7. The van der Waals surface area contributed by atoms with Crippen molar-refractivity contribution in [2.45, 2.75) is 50.7 Å². The highest BCUT2D eigenvalue weighted by Gasteiger charge is 2.57. The molecule has 2 aromatic rings. The number of aryl methyl sites for hydroxylation is 1. The lowest BCUT2D eigenvalue weighted by Gasteiger charge is -2.59. The molecule has 1 aromatic heterocycles. The summed E-state index contributed by atoms with van der Waals surface area (Å²) in [7, 11) is 0. The van der Waals surface area contributed by atoms with Crippen LogP contribution in [0.5, 0.6) is 0 Å². The van der Waals surface area contributed by atoms with Gasteiger partial charge in [-0.15, -0.1) is 11.3 Å². The van der Waals surface area contributed by atoms with Crippen LogP contribution in [-0.4, -0.2) is 38.4 Å². The molecular weight excluding hydrogens is 372 g/mol. The molecule has 0 spiro atoms. The van der Waals surface area contributed by atoms with Gasteiger partial charge in [-0.2, -0.15) is 0 Å². The van der Waals surface area contributed by atoms with Gasteiger partial charge in [0, 0.05) is 11.6 Å². The summed E-state index contributed by atoms with van der Waals surface area (Å²) >= 11 is 1.30. The Morgan fingerprint density at radius 3 is 2.36 bits per heavy atom. The lowest BCUT2D eigenvalue weighted by atomic mass is 9.52. The summed E-state index contributed by atoms with van der Waals surface area (Å²) < 4.78 is 0. The Morgan fingerprint density at radius 2 is 1.79 bits per heavy atom. The number of imide groups is 1. The van der Waals surface area contributed by atoms with Gasteiger partial charge in [0.2, 0.25) is 0 Å². The lowest BCUT2D eigenvalue weighted by Crippen LogP contribution is -2.63. The molecular formula is C22H24N2O3S. The first-order chi connectivity index (χ1) is 13.5. The quantitative estimate of drug-likeness (QED) is 0.804. The van der Waals surface area contributed by atoms with Crippen LogP contribution in [0.2, 0.25) is 0 Å². The third-order valence-corrected chi connectivity index (χ3v) is 7.80. The number of carbonyl (C=O) groups excluding carboxylic acids is 2. The van der Waals surface area contributed by atoms with Crippen molar-refractivity contribution in [3.8, 4) is 0 Å². The number of benzene rings is 1. The molecule has 2 amide bonds. The number of aromatic nitrogens is 1. The van der Waals surface area contributed by atoms with E-state index in [1.807, 2.05) is 25.1 Å². The molecule has 2 atom stereocenters. The van der Waals surface area contributed by atoms with Crippen molar-refractivity contribution in [1.29, 1.82) is 0 Å². The third-order valence-electron chi connectivity index (χ3n) is 6.89. The van der Waals surface area contributed by atoms with E-state index < -0.39 is 5.60 Å². The minimum Gasteiger partial charge on any atom is -0.390 e. The standard InChI is InChI=1S/C22H24N2O3S/c1-13-19(28-12-23-13)21(26)24(20(25)15-5-3-2-4-6-15)18-16-7-14-8-17(18)11-22(27,9-14)10-16/h2-6,12,14,16-18,27H,7-11H2,1H3. The Bertz CT molecular complexity index is 909. The summed E-state index contributed by atoms with van der Waals surface area (Å²) in [6.45, 7) is 1.81. The van der Waals surface area contributed by atoms with Crippen molar-refractivity contribution in [3.63, 3.8) is 0 Å². The number of hydrogen-bond donors (Lipinski definition) is 1. The summed E-state index contributed by atoms with van der Waals surface area (Å²) in [5, 5.41) is 10.9. The molecule has 1 heterocycles. The molecule has 4 fully saturated rings. The van der Waals surface area contributed by atoms with Crippen LogP contribution in [-0.2, 0) is 0 Å². The largest absolute Gasteiger partial charge is 0.390 e. The highest BCUT2D eigenvalue weighted by atomic mass is 32.1. The van der Waals surface area contributed by atoms with E-state index in [0.717, 1.165) is 19.3 Å². The number of carbonyl (C=O) groups is 2. The van der Waals surface area contributed by atoms with Gasteiger partial charge >= 0.3 is 0 Å². The van der Waals surface area contributed by atoms with Crippen LogP contribution in [0.3, 0.4) is 0 Å². The van der Waals surface area contributed by atoms with Gasteiger partial charge in [-0.1, -0.05) is 18.2 Å². The Morgan fingerprint density at radius 1 is 1.11 bits per heavy atom. The Hall–Kier alpha value is -2.05. The zero-order chi connectivity index (χ0) is 19.5. The average Bonchev–Trinajstić information content (AvgIpc) is 3.09. The predicted octanol–water partition coefficient (Wildman–Crippen LogP) is 3.67. The molecule has 0 radical (unpaired) electrons. The molecule has 1 N–H and O–H groups in total. The maximum atomic E-state index is 13.6. The molecule has 5 nitrogen and oxygen atoms in total. The van der Waals surface area contributed by atoms with Crippen molar-refractivity contribution in [1.82, 2.24) is 9.88 Å². The fourth-order valence-corrected chi connectivity index (χ4v) is 6.81. The van der Waals surface area contributed by atoms with Gasteiger partial charge in [0.1, 0.15) is 4.88 Å². The summed E-state index contributed by atoms with van der Waals surface area (Å²) in [6, 6.07) is 8.92. The van der Waals surface area contributed by atoms with Gasteiger partial charge in [-0.05, 0) is 68.9 Å². The van der Waals surface area contributed by atoms with E-state index in [1.54, 1.807) is 17.6 Å².